The van der Waals surface area contributed by atoms with Crippen LogP contribution in [0.25, 0.3) is 0 Å². The van der Waals surface area contributed by atoms with E-state index in [1.807, 2.05) is 0 Å². The van der Waals surface area contributed by atoms with Crippen molar-refractivity contribution in [2.24, 2.45) is 11.8 Å². The molecule has 1 N–H and O–H groups in total. The zero-order chi connectivity index (χ0) is 16.7. The van der Waals surface area contributed by atoms with Gasteiger partial charge in [0.15, 0.2) is 17.3 Å². The zero-order valence-electron chi connectivity index (χ0n) is 12.2. The van der Waals surface area contributed by atoms with Crippen molar-refractivity contribution >= 4 is 33.3 Å². The number of allylic oxidation sites excluding steroid dienone is 6. The second-order valence-electron chi connectivity index (χ2n) is 5.54. The number of benzene rings is 1. The summed E-state index contributed by atoms with van der Waals surface area (Å²) in [6.07, 6.45) is 4.53. The molecule has 2 aliphatic carbocycles. The molecule has 5 heteroatoms. The van der Waals surface area contributed by atoms with Gasteiger partial charge in [0, 0.05) is 15.6 Å². The smallest absolute Gasteiger partial charge is 0.197 e. The molecule has 1 aromatic carbocycles. The lowest BCUT2D eigenvalue weighted by atomic mass is 9.70. The van der Waals surface area contributed by atoms with Crippen LogP contribution in [0.4, 0.5) is 0 Å². The van der Waals surface area contributed by atoms with Gasteiger partial charge in [-0.3, -0.25) is 14.4 Å². The standard InChI is InChI=1S/C18H13BrO4/c1-9-14(17(22)10-5-7-11(19)8-6-10)18(23)15-12(16(9)21)3-2-4-13(15)20/h2-8,12,15,20H,1H3. The lowest BCUT2D eigenvalue weighted by Crippen LogP contribution is -2.40. The van der Waals surface area contributed by atoms with Crippen LogP contribution in [0.3, 0.4) is 0 Å². The van der Waals surface area contributed by atoms with E-state index in [0.717, 1.165) is 4.47 Å². The average Bonchev–Trinajstić information content (AvgIpc) is 2.53. The summed E-state index contributed by atoms with van der Waals surface area (Å²) in [6, 6.07) is 6.57. The summed E-state index contributed by atoms with van der Waals surface area (Å²) >= 11 is 3.28. The molecule has 2 unspecified atom stereocenters. The van der Waals surface area contributed by atoms with Gasteiger partial charge in [0.05, 0.1) is 17.4 Å². The number of rotatable bonds is 2. The van der Waals surface area contributed by atoms with Gasteiger partial charge >= 0.3 is 0 Å². The molecule has 0 heterocycles. The molecule has 0 radical (unpaired) electrons. The monoisotopic (exact) mass is 372 g/mol. The number of halogens is 1. The molecule has 0 saturated heterocycles. The minimum atomic E-state index is -0.995. The van der Waals surface area contributed by atoms with Gasteiger partial charge in [-0.2, -0.15) is 0 Å². The first-order valence-electron chi connectivity index (χ1n) is 7.08. The van der Waals surface area contributed by atoms with Crippen LogP contribution in [0.1, 0.15) is 17.3 Å². The number of ketones is 3. The average molecular weight is 373 g/mol. The molecular weight excluding hydrogens is 360 g/mol. The normalized spacial score (nSPS) is 23.7. The van der Waals surface area contributed by atoms with Crippen molar-refractivity contribution in [3.8, 4) is 0 Å². The summed E-state index contributed by atoms with van der Waals surface area (Å²) in [7, 11) is 0. The van der Waals surface area contributed by atoms with Crippen molar-refractivity contribution in [2.45, 2.75) is 6.92 Å². The number of aliphatic hydroxyl groups is 1. The highest BCUT2D eigenvalue weighted by atomic mass is 79.9. The van der Waals surface area contributed by atoms with Crippen LogP contribution in [0, 0.1) is 11.8 Å². The summed E-state index contributed by atoms with van der Waals surface area (Å²) in [5.41, 5.74) is 0.356. The summed E-state index contributed by atoms with van der Waals surface area (Å²) in [5.74, 6) is -3.19. The number of aliphatic hydroxyl groups excluding tert-OH is 1. The molecular formula is C18H13BrO4. The van der Waals surface area contributed by atoms with Crippen molar-refractivity contribution in [3.05, 3.63) is 69.4 Å². The van der Waals surface area contributed by atoms with Gasteiger partial charge in [0.25, 0.3) is 0 Å². The minimum Gasteiger partial charge on any atom is -0.512 e. The SMILES string of the molecule is CC1=C(C(=O)c2ccc(Br)cc2)C(=O)C2C(O)=CC=CC2C1=O. The van der Waals surface area contributed by atoms with Gasteiger partial charge in [0.2, 0.25) is 0 Å². The zero-order valence-corrected chi connectivity index (χ0v) is 13.8. The Labute approximate surface area is 141 Å². The van der Waals surface area contributed by atoms with Crippen molar-refractivity contribution < 1.29 is 19.5 Å². The van der Waals surface area contributed by atoms with E-state index in [1.54, 1.807) is 36.4 Å². The van der Waals surface area contributed by atoms with E-state index in [4.69, 9.17) is 0 Å². The molecule has 2 aliphatic rings. The lowest BCUT2D eigenvalue weighted by molar-refractivity contribution is -0.128. The first-order chi connectivity index (χ1) is 10.9. The highest BCUT2D eigenvalue weighted by Gasteiger charge is 2.45. The van der Waals surface area contributed by atoms with Crippen LogP contribution >= 0.6 is 15.9 Å². The molecule has 3 rings (SSSR count). The third-order valence-electron chi connectivity index (χ3n) is 4.17. The Bertz CT molecular complexity index is 812. The van der Waals surface area contributed by atoms with Crippen molar-refractivity contribution in [2.75, 3.05) is 0 Å². The Hall–Kier alpha value is -2.27. The minimum absolute atomic E-state index is 0.131. The fraction of sp³-hybridized carbons (Fsp3) is 0.167. The van der Waals surface area contributed by atoms with Crippen LogP contribution in [0.2, 0.25) is 0 Å². The van der Waals surface area contributed by atoms with Crippen molar-refractivity contribution in [3.63, 3.8) is 0 Å². The van der Waals surface area contributed by atoms with E-state index in [9.17, 15) is 19.5 Å². The van der Waals surface area contributed by atoms with Gasteiger partial charge in [-0.15, -0.1) is 0 Å². The molecule has 4 nitrogen and oxygen atoms in total. The maximum Gasteiger partial charge on any atom is 0.197 e. The summed E-state index contributed by atoms with van der Waals surface area (Å²) in [5, 5.41) is 9.98. The molecule has 0 bridgehead atoms. The summed E-state index contributed by atoms with van der Waals surface area (Å²) < 4.78 is 0.809. The number of carbonyl (C=O) groups is 3. The third kappa shape index (κ3) is 2.51. The summed E-state index contributed by atoms with van der Waals surface area (Å²) in [4.78, 5) is 37.9. The van der Waals surface area contributed by atoms with E-state index >= 15 is 0 Å². The maximum absolute atomic E-state index is 12.7. The van der Waals surface area contributed by atoms with Gasteiger partial charge < -0.3 is 5.11 Å². The van der Waals surface area contributed by atoms with Crippen LogP contribution < -0.4 is 0 Å². The Balaban J connectivity index is 2.09. The molecule has 23 heavy (non-hydrogen) atoms. The van der Waals surface area contributed by atoms with Crippen LogP contribution in [0.5, 0.6) is 0 Å². The second-order valence-corrected chi connectivity index (χ2v) is 6.46. The molecule has 0 aromatic heterocycles. The molecule has 0 fully saturated rings. The Morgan fingerprint density at radius 3 is 2.43 bits per heavy atom. The molecule has 0 spiro atoms. The van der Waals surface area contributed by atoms with E-state index in [0.29, 0.717) is 5.56 Å². The fourth-order valence-corrected chi connectivity index (χ4v) is 3.21. The molecule has 0 amide bonds. The molecule has 2 atom stereocenters. The summed E-state index contributed by atoms with van der Waals surface area (Å²) in [6.45, 7) is 1.49. The number of Topliss-reactive ketones (excluding diaryl/α,β-unsaturated/α-hetero) is 3. The highest BCUT2D eigenvalue weighted by Crippen LogP contribution is 2.37. The first-order valence-corrected chi connectivity index (χ1v) is 7.88. The van der Waals surface area contributed by atoms with Gasteiger partial charge in [-0.1, -0.05) is 28.1 Å². The van der Waals surface area contributed by atoms with Crippen molar-refractivity contribution in [1.82, 2.24) is 0 Å². The van der Waals surface area contributed by atoms with E-state index < -0.39 is 23.4 Å². The molecule has 0 aliphatic heterocycles. The van der Waals surface area contributed by atoms with Gasteiger partial charge in [0.1, 0.15) is 5.76 Å². The lowest BCUT2D eigenvalue weighted by Gasteiger charge is -2.30. The Morgan fingerprint density at radius 1 is 1.13 bits per heavy atom. The van der Waals surface area contributed by atoms with E-state index in [-0.39, 0.29) is 22.7 Å². The number of fused-ring (bicyclic) bond motifs is 1. The predicted octanol–water partition coefficient (Wildman–Crippen LogP) is 3.34. The molecule has 0 saturated carbocycles. The highest BCUT2D eigenvalue weighted by molar-refractivity contribution is 9.10. The van der Waals surface area contributed by atoms with Crippen LogP contribution in [-0.2, 0) is 9.59 Å². The molecule has 1 aromatic rings. The number of hydrogen-bond acceptors (Lipinski definition) is 4. The predicted molar refractivity (Wildman–Crippen MR) is 88.0 cm³/mol. The molecule has 116 valence electrons. The number of carbonyl (C=O) groups excluding carboxylic acids is 3. The topological polar surface area (TPSA) is 71.4 Å². The quantitative estimate of drug-likeness (QED) is 0.638. The Morgan fingerprint density at radius 2 is 1.78 bits per heavy atom. The van der Waals surface area contributed by atoms with E-state index in [2.05, 4.69) is 15.9 Å². The number of hydrogen-bond donors (Lipinski definition) is 1. The van der Waals surface area contributed by atoms with Gasteiger partial charge in [-0.25, -0.2) is 0 Å². The largest absolute Gasteiger partial charge is 0.512 e. The third-order valence-corrected chi connectivity index (χ3v) is 4.70. The van der Waals surface area contributed by atoms with Crippen LogP contribution in [0.15, 0.2) is 63.9 Å². The van der Waals surface area contributed by atoms with Crippen LogP contribution in [-0.4, -0.2) is 22.5 Å². The van der Waals surface area contributed by atoms with E-state index in [1.165, 1.54) is 13.0 Å². The Kier molecular flexibility index (Phi) is 3.90. The maximum atomic E-state index is 12.7. The van der Waals surface area contributed by atoms with Crippen molar-refractivity contribution in [1.29, 1.82) is 0 Å². The first kappa shape index (κ1) is 15.6. The fourth-order valence-electron chi connectivity index (χ4n) is 2.95. The second kappa shape index (κ2) is 5.74. The van der Waals surface area contributed by atoms with Gasteiger partial charge in [-0.05, 0) is 37.3 Å².